The Morgan fingerprint density at radius 1 is 1.18 bits per heavy atom. The fourth-order valence-corrected chi connectivity index (χ4v) is 3.12. The van der Waals surface area contributed by atoms with Crippen LogP contribution in [-0.4, -0.2) is 27.9 Å². The van der Waals surface area contributed by atoms with Gasteiger partial charge in [-0.25, -0.2) is 9.67 Å². The molecule has 3 heterocycles. The van der Waals surface area contributed by atoms with Crippen molar-refractivity contribution in [1.29, 1.82) is 0 Å². The van der Waals surface area contributed by atoms with E-state index in [-0.39, 0.29) is 5.56 Å². The molecule has 1 saturated heterocycles. The highest BCUT2D eigenvalue weighted by atomic mass is 16.4. The van der Waals surface area contributed by atoms with E-state index >= 15 is 0 Å². The molecule has 2 fully saturated rings. The van der Waals surface area contributed by atoms with E-state index < -0.39 is 0 Å². The fraction of sp³-hybridized carbons (Fsp3) is 0.562. The number of anilines is 1. The summed E-state index contributed by atoms with van der Waals surface area (Å²) in [5, 5.41) is 4.56. The Labute approximate surface area is 128 Å². The Bertz CT molecular complexity index is 682. The quantitative estimate of drug-likeness (QED) is 0.864. The monoisotopic (exact) mass is 300 g/mol. The maximum atomic E-state index is 12.0. The van der Waals surface area contributed by atoms with Crippen molar-refractivity contribution in [2.75, 3.05) is 18.0 Å². The molecule has 0 amide bonds. The van der Waals surface area contributed by atoms with Crippen LogP contribution in [0.1, 0.15) is 37.3 Å². The van der Waals surface area contributed by atoms with Crippen molar-refractivity contribution in [3.8, 4) is 0 Å². The molecule has 4 rings (SSSR count). The van der Waals surface area contributed by atoms with Crippen molar-refractivity contribution in [2.45, 2.75) is 38.1 Å². The summed E-state index contributed by atoms with van der Waals surface area (Å²) in [5.41, 5.74) is 1.09. The highest BCUT2D eigenvalue weighted by molar-refractivity contribution is 5.25. The molecular weight excluding hydrogens is 280 g/mol. The van der Waals surface area contributed by atoms with Crippen LogP contribution in [0.4, 0.5) is 6.01 Å². The fourth-order valence-electron chi connectivity index (χ4n) is 3.12. The van der Waals surface area contributed by atoms with Gasteiger partial charge >= 0.3 is 0 Å². The smallest absolute Gasteiger partial charge is 0.297 e. The van der Waals surface area contributed by atoms with Crippen molar-refractivity contribution in [2.24, 2.45) is 5.92 Å². The van der Waals surface area contributed by atoms with E-state index in [0.717, 1.165) is 38.2 Å². The summed E-state index contributed by atoms with van der Waals surface area (Å²) in [6, 6.07) is 4.26. The van der Waals surface area contributed by atoms with Gasteiger partial charge in [-0.2, -0.15) is 5.10 Å². The summed E-state index contributed by atoms with van der Waals surface area (Å²) in [6.07, 6.45) is 7.76. The van der Waals surface area contributed by atoms with Crippen LogP contribution in [-0.2, 0) is 6.54 Å². The summed E-state index contributed by atoms with van der Waals surface area (Å²) in [6.45, 7) is 2.56. The second kappa shape index (κ2) is 5.59. The third-order valence-corrected chi connectivity index (χ3v) is 4.62. The topological polar surface area (TPSA) is 64.2 Å². The predicted molar refractivity (Wildman–Crippen MR) is 81.9 cm³/mol. The molecule has 0 atom stereocenters. The van der Waals surface area contributed by atoms with Crippen LogP contribution in [0.5, 0.6) is 0 Å². The normalized spacial score (nSPS) is 19.5. The molecule has 0 bridgehead atoms. The molecular formula is C16H20N4O2. The molecule has 0 aromatic carbocycles. The van der Waals surface area contributed by atoms with Gasteiger partial charge in [-0.05, 0) is 37.7 Å². The minimum Gasteiger partial charge on any atom is -0.432 e. The highest BCUT2D eigenvalue weighted by Gasteiger charge is 2.26. The second-order valence-corrected chi connectivity index (χ2v) is 6.30. The van der Waals surface area contributed by atoms with Gasteiger partial charge in [0, 0.05) is 31.6 Å². The molecule has 1 aliphatic carbocycles. The Balaban J connectivity index is 1.40. The van der Waals surface area contributed by atoms with Gasteiger partial charge in [0.1, 0.15) is 6.26 Å². The van der Waals surface area contributed by atoms with Gasteiger partial charge in [-0.15, -0.1) is 0 Å². The molecule has 6 heteroatoms. The van der Waals surface area contributed by atoms with Crippen LogP contribution < -0.4 is 10.5 Å². The number of aromatic nitrogens is 3. The lowest BCUT2D eigenvalue weighted by Gasteiger charge is -2.30. The number of piperidine rings is 1. The van der Waals surface area contributed by atoms with E-state index in [9.17, 15) is 4.79 Å². The van der Waals surface area contributed by atoms with Crippen molar-refractivity contribution in [3.05, 3.63) is 40.6 Å². The minimum absolute atomic E-state index is 0.0135. The van der Waals surface area contributed by atoms with Crippen LogP contribution in [0.25, 0.3) is 0 Å². The van der Waals surface area contributed by atoms with Crippen molar-refractivity contribution >= 4 is 6.01 Å². The Hall–Kier alpha value is -2.11. The molecule has 22 heavy (non-hydrogen) atoms. The summed E-state index contributed by atoms with van der Waals surface area (Å²) in [4.78, 5) is 18.4. The van der Waals surface area contributed by atoms with Crippen molar-refractivity contribution in [1.82, 2.24) is 14.8 Å². The van der Waals surface area contributed by atoms with E-state index in [1.165, 1.54) is 12.8 Å². The SMILES string of the molecule is O=c1ccc(C2CC2)nn1CC1CCN(c2ncco2)CC1. The lowest BCUT2D eigenvalue weighted by atomic mass is 9.97. The summed E-state index contributed by atoms with van der Waals surface area (Å²) in [7, 11) is 0. The third-order valence-electron chi connectivity index (χ3n) is 4.62. The number of oxazole rings is 1. The molecule has 116 valence electrons. The first-order valence-corrected chi connectivity index (χ1v) is 8.02. The van der Waals surface area contributed by atoms with Crippen LogP contribution in [0, 0.1) is 5.92 Å². The third kappa shape index (κ3) is 2.77. The van der Waals surface area contributed by atoms with E-state index in [0.29, 0.717) is 17.9 Å². The average molecular weight is 300 g/mol. The summed E-state index contributed by atoms with van der Waals surface area (Å²) < 4.78 is 7.01. The maximum Gasteiger partial charge on any atom is 0.297 e. The van der Waals surface area contributed by atoms with Crippen LogP contribution in [0.3, 0.4) is 0 Å². The summed E-state index contributed by atoms with van der Waals surface area (Å²) >= 11 is 0. The number of hydrogen-bond acceptors (Lipinski definition) is 5. The van der Waals surface area contributed by atoms with E-state index in [2.05, 4.69) is 15.0 Å². The molecule has 0 radical (unpaired) electrons. The molecule has 1 aliphatic heterocycles. The zero-order chi connectivity index (χ0) is 14.9. The number of hydrogen-bond donors (Lipinski definition) is 0. The second-order valence-electron chi connectivity index (χ2n) is 6.30. The first kappa shape index (κ1) is 13.5. The van der Waals surface area contributed by atoms with Gasteiger partial charge in [0.25, 0.3) is 11.6 Å². The van der Waals surface area contributed by atoms with Crippen LogP contribution in [0.2, 0.25) is 0 Å². The zero-order valence-electron chi connectivity index (χ0n) is 12.5. The lowest BCUT2D eigenvalue weighted by molar-refractivity contribution is 0.325. The van der Waals surface area contributed by atoms with Crippen molar-refractivity contribution in [3.63, 3.8) is 0 Å². The molecule has 2 aliphatic rings. The molecule has 6 nitrogen and oxygen atoms in total. The molecule has 0 spiro atoms. The Kier molecular flexibility index (Phi) is 3.44. The molecule has 1 saturated carbocycles. The van der Waals surface area contributed by atoms with Gasteiger partial charge in [0.05, 0.1) is 11.9 Å². The minimum atomic E-state index is 0.0135. The Morgan fingerprint density at radius 3 is 2.68 bits per heavy atom. The van der Waals surface area contributed by atoms with E-state index in [4.69, 9.17) is 4.42 Å². The first-order valence-electron chi connectivity index (χ1n) is 8.02. The number of nitrogens with zero attached hydrogens (tertiary/aromatic N) is 4. The van der Waals surface area contributed by atoms with E-state index in [1.807, 2.05) is 6.07 Å². The molecule has 0 unspecified atom stereocenters. The zero-order valence-corrected chi connectivity index (χ0v) is 12.5. The highest BCUT2D eigenvalue weighted by Crippen LogP contribution is 2.38. The standard InChI is InChI=1S/C16H20N4O2/c21-15-4-3-14(13-1-2-13)18-20(15)11-12-5-8-19(9-6-12)16-17-7-10-22-16/h3-4,7,10,12-13H,1-2,5-6,8-9,11H2. The number of rotatable bonds is 4. The van der Waals surface area contributed by atoms with Gasteiger partial charge in [0.2, 0.25) is 0 Å². The Morgan fingerprint density at radius 2 is 2.00 bits per heavy atom. The summed E-state index contributed by atoms with van der Waals surface area (Å²) in [5.74, 6) is 1.07. The van der Waals surface area contributed by atoms with Crippen LogP contribution in [0.15, 0.2) is 33.8 Å². The largest absolute Gasteiger partial charge is 0.432 e. The van der Waals surface area contributed by atoms with Gasteiger partial charge in [-0.3, -0.25) is 4.79 Å². The van der Waals surface area contributed by atoms with Crippen molar-refractivity contribution < 1.29 is 4.42 Å². The molecule has 2 aromatic heterocycles. The molecule has 2 aromatic rings. The predicted octanol–water partition coefficient (Wildman–Crippen LogP) is 2.03. The van der Waals surface area contributed by atoms with Gasteiger partial charge < -0.3 is 9.32 Å². The maximum absolute atomic E-state index is 12.0. The van der Waals surface area contributed by atoms with Crippen LogP contribution >= 0.6 is 0 Å². The lowest BCUT2D eigenvalue weighted by Crippen LogP contribution is -2.37. The van der Waals surface area contributed by atoms with Gasteiger partial charge in [-0.1, -0.05) is 0 Å². The first-order chi connectivity index (χ1) is 10.8. The molecule has 0 N–H and O–H groups in total. The van der Waals surface area contributed by atoms with E-state index in [1.54, 1.807) is 23.2 Å². The van der Waals surface area contributed by atoms with Gasteiger partial charge in [0.15, 0.2) is 0 Å². The average Bonchev–Trinajstić information content (AvgIpc) is 3.25.